The number of aliphatic imine (C=N–C) groups is 1. The summed E-state index contributed by atoms with van der Waals surface area (Å²) in [6, 6.07) is 0. The van der Waals surface area contributed by atoms with Gasteiger partial charge in [0.05, 0.1) is 0 Å². The van der Waals surface area contributed by atoms with Gasteiger partial charge in [-0.15, -0.1) is 0 Å². The Hall–Kier alpha value is -2.37. The second-order valence-corrected chi connectivity index (χ2v) is 8.82. The molecule has 0 aliphatic heterocycles. The van der Waals surface area contributed by atoms with Crippen LogP contribution >= 0.6 is 0 Å². The van der Waals surface area contributed by atoms with Crippen molar-refractivity contribution < 1.29 is 23.8 Å². The summed E-state index contributed by atoms with van der Waals surface area (Å²) in [5, 5.41) is 0. The van der Waals surface area contributed by atoms with Gasteiger partial charge >= 0.3 is 6.16 Å². The molecule has 0 N–H and O–H groups in total. The van der Waals surface area contributed by atoms with E-state index >= 15 is 0 Å². The summed E-state index contributed by atoms with van der Waals surface area (Å²) in [6.07, 6.45) is 13.3. The predicted molar refractivity (Wildman–Crippen MR) is 120 cm³/mol. The minimum Gasteiger partial charge on any atom is -0.474 e. The molecule has 170 valence electrons. The van der Waals surface area contributed by atoms with Gasteiger partial charge in [0, 0.05) is 37.3 Å². The molecule has 1 saturated carbocycles. The van der Waals surface area contributed by atoms with Gasteiger partial charge in [-0.2, -0.15) is 0 Å². The van der Waals surface area contributed by atoms with Crippen LogP contribution in [0.25, 0.3) is 0 Å². The van der Waals surface area contributed by atoms with E-state index in [0.717, 1.165) is 56.9 Å². The number of carbonyl (C=O) groups excluding carboxylic acids is 2. The fraction of sp³-hybridized carbons (Fsp3) is 0.640. The molecule has 3 rings (SSSR count). The molecule has 0 spiro atoms. The Balaban J connectivity index is 1.37. The van der Waals surface area contributed by atoms with E-state index in [-0.39, 0.29) is 24.0 Å². The highest BCUT2D eigenvalue weighted by Crippen LogP contribution is 2.32. The Morgan fingerprint density at radius 2 is 1.74 bits per heavy atom. The molecular weight excluding hydrogens is 394 g/mol. The van der Waals surface area contributed by atoms with E-state index in [4.69, 9.17) is 14.2 Å². The van der Waals surface area contributed by atoms with Crippen molar-refractivity contribution in [1.82, 2.24) is 0 Å². The summed E-state index contributed by atoms with van der Waals surface area (Å²) >= 11 is 0. The number of hydrogen-bond acceptors (Lipinski definition) is 6. The number of Topliss-reactive ketones (excluding diaryl/α,β-unsaturated/α-hetero) is 1. The summed E-state index contributed by atoms with van der Waals surface area (Å²) < 4.78 is 16.8. The first-order chi connectivity index (χ1) is 15.0. The summed E-state index contributed by atoms with van der Waals surface area (Å²) in [7, 11) is 1.68. The van der Waals surface area contributed by atoms with Gasteiger partial charge in [0.1, 0.15) is 23.8 Å². The van der Waals surface area contributed by atoms with E-state index in [1.165, 1.54) is 0 Å². The number of rotatable bonds is 6. The first-order valence-electron chi connectivity index (χ1n) is 11.5. The zero-order valence-corrected chi connectivity index (χ0v) is 18.8. The fourth-order valence-electron chi connectivity index (χ4n) is 4.61. The van der Waals surface area contributed by atoms with Crippen molar-refractivity contribution in [3.63, 3.8) is 0 Å². The number of allylic oxidation sites excluding steroid dienone is 3. The first kappa shape index (κ1) is 23.3. The van der Waals surface area contributed by atoms with E-state index < -0.39 is 6.16 Å². The van der Waals surface area contributed by atoms with Crippen LogP contribution in [0.2, 0.25) is 0 Å². The lowest BCUT2D eigenvalue weighted by Gasteiger charge is -2.30. The zero-order valence-electron chi connectivity index (χ0n) is 18.8. The van der Waals surface area contributed by atoms with Gasteiger partial charge in [0.25, 0.3) is 0 Å². The predicted octanol–water partition coefficient (Wildman–Crippen LogP) is 5.68. The highest BCUT2D eigenvalue weighted by Gasteiger charge is 2.32. The monoisotopic (exact) mass is 429 g/mol. The molecule has 2 atom stereocenters. The summed E-state index contributed by atoms with van der Waals surface area (Å²) in [5.74, 6) is 1.89. The molecule has 0 radical (unpaired) electrons. The highest BCUT2D eigenvalue weighted by molar-refractivity contribution is 5.92. The maximum absolute atomic E-state index is 12.7. The van der Waals surface area contributed by atoms with E-state index in [0.29, 0.717) is 30.3 Å². The van der Waals surface area contributed by atoms with E-state index in [1.807, 2.05) is 13.0 Å². The van der Waals surface area contributed by atoms with Crippen LogP contribution in [0.15, 0.2) is 41.1 Å². The number of ether oxygens (including phenoxy) is 3. The van der Waals surface area contributed by atoms with Crippen molar-refractivity contribution in [1.29, 1.82) is 0 Å². The van der Waals surface area contributed by atoms with E-state index in [1.54, 1.807) is 7.05 Å². The molecule has 0 aromatic rings. The molecule has 31 heavy (non-hydrogen) atoms. The third-order valence-electron chi connectivity index (χ3n) is 6.39. The molecule has 0 aromatic carbocycles. The van der Waals surface area contributed by atoms with Gasteiger partial charge in [-0.25, -0.2) is 4.79 Å². The smallest absolute Gasteiger partial charge is 0.474 e. The fourth-order valence-corrected chi connectivity index (χ4v) is 4.61. The van der Waals surface area contributed by atoms with Crippen molar-refractivity contribution in [2.45, 2.75) is 83.3 Å². The Morgan fingerprint density at radius 1 is 0.968 bits per heavy atom. The van der Waals surface area contributed by atoms with Crippen LogP contribution in [0.5, 0.6) is 0 Å². The summed E-state index contributed by atoms with van der Waals surface area (Å²) in [4.78, 5) is 29.0. The minimum atomic E-state index is -0.643. The largest absolute Gasteiger partial charge is 0.513 e. The van der Waals surface area contributed by atoms with Gasteiger partial charge in [0.15, 0.2) is 0 Å². The average molecular weight is 430 g/mol. The number of hydrogen-bond donors (Lipinski definition) is 0. The second kappa shape index (κ2) is 11.3. The minimum absolute atomic E-state index is 0.00578. The van der Waals surface area contributed by atoms with Gasteiger partial charge in [-0.3, -0.25) is 9.79 Å². The lowest BCUT2D eigenvalue weighted by atomic mass is 9.77. The molecule has 0 bridgehead atoms. The molecular formula is C25H35NO5. The van der Waals surface area contributed by atoms with Crippen LogP contribution in [0.3, 0.4) is 0 Å². The lowest BCUT2D eigenvalue weighted by molar-refractivity contribution is -0.128. The second-order valence-electron chi connectivity index (χ2n) is 8.82. The maximum Gasteiger partial charge on any atom is 0.513 e. The van der Waals surface area contributed by atoms with Crippen LogP contribution in [0.4, 0.5) is 4.79 Å². The van der Waals surface area contributed by atoms with Crippen LogP contribution in [0, 0.1) is 11.8 Å². The number of nitrogens with zero attached hydrogens (tertiary/aromatic N) is 1. The third kappa shape index (κ3) is 6.81. The molecule has 6 heteroatoms. The number of carbonyl (C=O) groups is 2. The average Bonchev–Trinajstić information content (AvgIpc) is 2.79. The number of ketones is 1. The third-order valence-corrected chi connectivity index (χ3v) is 6.39. The van der Waals surface area contributed by atoms with Gasteiger partial charge in [0.2, 0.25) is 5.90 Å². The molecule has 3 aliphatic carbocycles. The van der Waals surface area contributed by atoms with Crippen molar-refractivity contribution in [3.05, 3.63) is 36.1 Å². The van der Waals surface area contributed by atoms with Crippen molar-refractivity contribution in [3.8, 4) is 0 Å². The highest BCUT2D eigenvalue weighted by atomic mass is 16.7. The van der Waals surface area contributed by atoms with Gasteiger partial charge in [-0.05, 0) is 64.4 Å². The van der Waals surface area contributed by atoms with Crippen LogP contribution in [-0.4, -0.2) is 37.1 Å². The molecule has 1 fully saturated rings. The topological polar surface area (TPSA) is 74.2 Å². The SMILES string of the molecule is C=C(C)C(=NC)OC1CC=C(OC(=O)OC2CCC(C(=O)C3CC=CCC3)CC2)CC1. The first-order valence-corrected chi connectivity index (χ1v) is 11.5. The lowest BCUT2D eigenvalue weighted by Crippen LogP contribution is -2.31. The Labute approximate surface area is 185 Å². The van der Waals surface area contributed by atoms with Crippen molar-refractivity contribution in [2.24, 2.45) is 16.8 Å². The summed E-state index contributed by atoms with van der Waals surface area (Å²) in [6.45, 7) is 5.72. The molecule has 0 amide bonds. The van der Waals surface area contributed by atoms with Gasteiger partial charge in [-0.1, -0.05) is 18.7 Å². The molecule has 0 heterocycles. The van der Waals surface area contributed by atoms with Crippen molar-refractivity contribution >= 4 is 17.8 Å². The molecule has 3 aliphatic rings. The van der Waals surface area contributed by atoms with Crippen LogP contribution in [-0.2, 0) is 19.0 Å². The van der Waals surface area contributed by atoms with E-state index in [9.17, 15) is 9.59 Å². The zero-order chi connectivity index (χ0) is 22.2. The van der Waals surface area contributed by atoms with E-state index in [2.05, 4.69) is 23.7 Å². The van der Waals surface area contributed by atoms with Crippen LogP contribution < -0.4 is 0 Å². The van der Waals surface area contributed by atoms with Crippen molar-refractivity contribution in [2.75, 3.05) is 7.05 Å². The normalized spacial score (nSPS) is 29.0. The Morgan fingerprint density at radius 3 is 2.32 bits per heavy atom. The Bertz CT molecular complexity index is 758. The molecule has 2 unspecified atom stereocenters. The summed E-state index contributed by atoms with van der Waals surface area (Å²) in [5.41, 5.74) is 0.795. The molecule has 0 saturated heterocycles. The quantitative estimate of drug-likeness (QED) is 0.235. The van der Waals surface area contributed by atoms with Gasteiger partial charge < -0.3 is 14.2 Å². The standard InChI is InChI=1S/C25H35NO5/c1-17(2)24(26-3)29-20-13-15-22(16-14-20)31-25(28)30-21-11-9-19(10-12-21)23(27)18-7-5-4-6-8-18/h4-5,15,18-21H,1,6-14,16H2,2-3H3. The maximum atomic E-state index is 12.7. The molecule has 0 aromatic heterocycles. The van der Waals surface area contributed by atoms with Crippen LogP contribution in [0.1, 0.15) is 71.1 Å². The Kier molecular flexibility index (Phi) is 8.50. The molecule has 6 nitrogen and oxygen atoms in total.